The van der Waals surface area contributed by atoms with Crippen LogP contribution in [-0.2, 0) is 0 Å². The quantitative estimate of drug-likeness (QED) is 0.691. The third kappa shape index (κ3) is 4.87. The van der Waals surface area contributed by atoms with Crippen molar-refractivity contribution in [2.45, 2.75) is 34.1 Å². The fourth-order valence-corrected chi connectivity index (χ4v) is 1.40. The molecule has 5 nitrogen and oxygen atoms in total. The van der Waals surface area contributed by atoms with E-state index in [1.807, 2.05) is 13.0 Å². The van der Waals surface area contributed by atoms with Crippen molar-refractivity contribution in [1.29, 1.82) is 0 Å². The average molecular weight is 251 g/mol. The van der Waals surface area contributed by atoms with Crippen LogP contribution in [-0.4, -0.2) is 29.6 Å². The predicted molar refractivity (Wildman–Crippen MR) is 76.9 cm³/mol. The molecule has 102 valence electrons. The zero-order valence-corrected chi connectivity index (χ0v) is 11.9. The molecule has 0 bridgehead atoms. The molecule has 0 aromatic carbocycles. The van der Waals surface area contributed by atoms with Crippen LogP contribution in [0.2, 0.25) is 0 Å². The van der Waals surface area contributed by atoms with Gasteiger partial charge in [0, 0.05) is 25.7 Å². The Kier molecular flexibility index (Phi) is 5.34. The number of nitrogens with one attached hydrogen (secondary N) is 2. The van der Waals surface area contributed by atoms with E-state index in [2.05, 4.69) is 41.4 Å². The van der Waals surface area contributed by atoms with Crippen molar-refractivity contribution < 1.29 is 0 Å². The van der Waals surface area contributed by atoms with Crippen molar-refractivity contribution in [1.82, 2.24) is 9.97 Å². The van der Waals surface area contributed by atoms with Crippen LogP contribution in [0.4, 0.5) is 11.6 Å². The van der Waals surface area contributed by atoms with E-state index in [-0.39, 0.29) is 5.41 Å². The third-order valence-electron chi connectivity index (χ3n) is 2.99. The molecule has 0 aliphatic carbocycles. The normalized spacial score (nSPS) is 11.4. The highest BCUT2D eigenvalue weighted by Crippen LogP contribution is 2.20. The second kappa shape index (κ2) is 6.54. The summed E-state index contributed by atoms with van der Waals surface area (Å²) in [5, 5.41) is 6.54. The van der Waals surface area contributed by atoms with Crippen molar-refractivity contribution >= 4 is 11.6 Å². The minimum Gasteiger partial charge on any atom is -0.369 e. The van der Waals surface area contributed by atoms with Crippen LogP contribution in [0.3, 0.4) is 0 Å². The summed E-state index contributed by atoms with van der Waals surface area (Å²) in [4.78, 5) is 8.70. The number of aryl methyl sites for hydroxylation is 1. The highest BCUT2D eigenvalue weighted by atomic mass is 15.1. The Labute approximate surface area is 110 Å². The van der Waals surface area contributed by atoms with E-state index < -0.39 is 0 Å². The molecule has 1 aromatic rings. The van der Waals surface area contributed by atoms with Gasteiger partial charge < -0.3 is 16.4 Å². The monoisotopic (exact) mass is 251 g/mol. The van der Waals surface area contributed by atoms with Crippen LogP contribution in [0.5, 0.6) is 0 Å². The van der Waals surface area contributed by atoms with Crippen LogP contribution in [0, 0.1) is 12.3 Å². The SMILES string of the molecule is CCC(C)(C)CNc1cc(NCCN)nc(C)n1. The molecule has 1 heterocycles. The van der Waals surface area contributed by atoms with E-state index in [1.165, 1.54) is 0 Å². The Bertz CT molecular complexity index is 376. The van der Waals surface area contributed by atoms with Gasteiger partial charge in [-0.25, -0.2) is 9.97 Å². The lowest BCUT2D eigenvalue weighted by atomic mass is 9.90. The first kappa shape index (κ1) is 14.7. The molecule has 18 heavy (non-hydrogen) atoms. The number of hydrogen-bond acceptors (Lipinski definition) is 5. The van der Waals surface area contributed by atoms with E-state index in [0.717, 1.165) is 37.0 Å². The lowest BCUT2D eigenvalue weighted by Gasteiger charge is -2.23. The predicted octanol–water partition coefficient (Wildman–Crippen LogP) is 2.00. The van der Waals surface area contributed by atoms with Gasteiger partial charge >= 0.3 is 0 Å². The number of anilines is 2. The molecule has 0 radical (unpaired) electrons. The number of aromatic nitrogens is 2. The summed E-state index contributed by atoms with van der Waals surface area (Å²) in [6, 6.07) is 1.92. The average Bonchev–Trinajstić information content (AvgIpc) is 2.33. The second-order valence-electron chi connectivity index (χ2n) is 5.27. The van der Waals surface area contributed by atoms with Crippen molar-refractivity contribution in [3.8, 4) is 0 Å². The maximum absolute atomic E-state index is 5.46. The molecule has 0 amide bonds. The van der Waals surface area contributed by atoms with Gasteiger partial charge in [-0.2, -0.15) is 0 Å². The van der Waals surface area contributed by atoms with Crippen LogP contribution in [0.25, 0.3) is 0 Å². The number of nitrogens with two attached hydrogens (primary N) is 1. The summed E-state index contributed by atoms with van der Waals surface area (Å²) in [6.07, 6.45) is 1.13. The van der Waals surface area contributed by atoms with Crippen molar-refractivity contribution in [3.63, 3.8) is 0 Å². The van der Waals surface area contributed by atoms with Crippen molar-refractivity contribution in [2.24, 2.45) is 11.1 Å². The lowest BCUT2D eigenvalue weighted by molar-refractivity contribution is 0.376. The van der Waals surface area contributed by atoms with Crippen LogP contribution < -0.4 is 16.4 Å². The summed E-state index contributed by atoms with van der Waals surface area (Å²) >= 11 is 0. The van der Waals surface area contributed by atoms with Gasteiger partial charge in [0.15, 0.2) is 0 Å². The molecule has 0 unspecified atom stereocenters. The molecule has 4 N–H and O–H groups in total. The van der Waals surface area contributed by atoms with Gasteiger partial charge in [-0.05, 0) is 18.8 Å². The molecule has 0 saturated carbocycles. The Balaban J connectivity index is 2.68. The standard InChI is InChI=1S/C13H25N5/c1-5-13(3,4)9-16-12-8-11(15-7-6-14)17-10(2)18-12/h8H,5-7,9,14H2,1-4H3,(H2,15,16,17,18). The number of hydrogen-bond donors (Lipinski definition) is 3. The summed E-state index contributed by atoms with van der Waals surface area (Å²) in [6.45, 7) is 10.8. The lowest BCUT2D eigenvalue weighted by Crippen LogP contribution is -2.23. The topological polar surface area (TPSA) is 75.9 Å². The molecule has 0 saturated heterocycles. The zero-order valence-electron chi connectivity index (χ0n) is 11.9. The number of rotatable bonds is 7. The fraction of sp³-hybridized carbons (Fsp3) is 0.692. The van der Waals surface area contributed by atoms with Crippen LogP contribution in [0.15, 0.2) is 6.07 Å². The summed E-state index contributed by atoms with van der Waals surface area (Å²) in [5.74, 6) is 2.45. The maximum atomic E-state index is 5.46. The fourth-order valence-electron chi connectivity index (χ4n) is 1.40. The van der Waals surface area contributed by atoms with Crippen LogP contribution >= 0.6 is 0 Å². The van der Waals surface area contributed by atoms with Gasteiger partial charge in [0.2, 0.25) is 0 Å². The summed E-state index contributed by atoms with van der Waals surface area (Å²) < 4.78 is 0. The van der Waals surface area contributed by atoms with E-state index in [0.29, 0.717) is 6.54 Å². The zero-order chi connectivity index (χ0) is 13.6. The first-order valence-corrected chi connectivity index (χ1v) is 6.50. The molecule has 1 aromatic heterocycles. The van der Waals surface area contributed by atoms with Gasteiger partial charge in [-0.15, -0.1) is 0 Å². The molecule has 0 spiro atoms. The highest BCUT2D eigenvalue weighted by molar-refractivity contribution is 5.47. The van der Waals surface area contributed by atoms with Gasteiger partial charge in [0.1, 0.15) is 17.5 Å². The van der Waals surface area contributed by atoms with E-state index in [1.54, 1.807) is 0 Å². The molecule has 1 rings (SSSR count). The minimum absolute atomic E-state index is 0.268. The molecular weight excluding hydrogens is 226 g/mol. The van der Waals surface area contributed by atoms with Gasteiger partial charge in [0.25, 0.3) is 0 Å². The smallest absolute Gasteiger partial charge is 0.131 e. The molecule has 0 aliphatic heterocycles. The Morgan fingerprint density at radius 2 is 1.83 bits per heavy atom. The first-order chi connectivity index (χ1) is 8.46. The number of nitrogens with zero attached hydrogens (tertiary/aromatic N) is 2. The largest absolute Gasteiger partial charge is 0.369 e. The summed E-state index contributed by atoms with van der Waals surface area (Å²) in [5.41, 5.74) is 5.73. The molecule has 0 fully saturated rings. The van der Waals surface area contributed by atoms with Crippen LogP contribution in [0.1, 0.15) is 33.0 Å². The van der Waals surface area contributed by atoms with E-state index >= 15 is 0 Å². The Morgan fingerprint density at radius 3 is 2.39 bits per heavy atom. The molecule has 0 aliphatic rings. The van der Waals surface area contributed by atoms with Crippen molar-refractivity contribution in [2.75, 3.05) is 30.3 Å². The maximum Gasteiger partial charge on any atom is 0.131 e. The van der Waals surface area contributed by atoms with Crippen molar-refractivity contribution in [3.05, 3.63) is 11.9 Å². The highest BCUT2D eigenvalue weighted by Gasteiger charge is 2.14. The van der Waals surface area contributed by atoms with E-state index in [4.69, 9.17) is 5.73 Å². The minimum atomic E-state index is 0.268. The Morgan fingerprint density at radius 1 is 1.22 bits per heavy atom. The first-order valence-electron chi connectivity index (χ1n) is 6.50. The van der Waals surface area contributed by atoms with Gasteiger partial charge in [0.05, 0.1) is 0 Å². The third-order valence-corrected chi connectivity index (χ3v) is 2.99. The van der Waals surface area contributed by atoms with E-state index in [9.17, 15) is 0 Å². The molecule has 0 atom stereocenters. The Hall–Kier alpha value is -1.36. The summed E-state index contributed by atoms with van der Waals surface area (Å²) in [7, 11) is 0. The molecular formula is C13H25N5. The molecule has 5 heteroatoms. The van der Waals surface area contributed by atoms with Gasteiger partial charge in [-0.3, -0.25) is 0 Å². The van der Waals surface area contributed by atoms with Gasteiger partial charge in [-0.1, -0.05) is 20.8 Å². The second-order valence-corrected chi connectivity index (χ2v) is 5.27.